The molecule has 2 saturated heterocycles. The van der Waals surface area contributed by atoms with Crippen molar-refractivity contribution >= 4 is 5.97 Å². The number of rotatable bonds is 3. The number of carboxylic acids is 1. The fourth-order valence-electron chi connectivity index (χ4n) is 2.67. The summed E-state index contributed by atoms with van der Waals surface area (Å²) < 4.78 is 0. The molecule has 5 heteroatoms. The van der Waals surface area contributed by atoms with E-state index in [9.17, 15) is 4.79 Å². The van der Waals surface area contributed by atoms with Gasteiger partial charge in [-0.3, -0.25) is 9.69 Å². The van der Waals surface area contributed by atoms with E-state index >= 15 is 0 Å². The van der Waals surface area contributed by atoms with Crippen LogP contribution in [0, 0.1) is 12.5 Å². The first kappa shape index (κ1) is 11.8. The maximum atomic E-state index is 10.8. The minimum absolute atomic E-state index is 0.135. The van der Waals surface area contributed by atoms with Gasteiger partial charge in [0.05, 0.1) is 6.54 Å². The highest BCUT2D eigenvalue weighted by Gasteiger charge is 2.31. The molecule has 0 saturated carbocycles. The normalized spacial score (nSPS) is 29.1. The van der Waals surface area contributed by atoms with Crippen molar-refractivity contribution in [1.82, 2.24) is 15.5 Å². The van der Waals surface area contributed by atoms with E-state index < -0.39 is 5.97 Å². The quantitative estimate of drug-likeness (QED) is 0.606. The van der Waals surface area contributed by atoms with Crippen molar-refractivity contribution in [3.05, 3.63) is 6.54 Å². The SMILES string of the molecule is O=C(O)CN1[CH]CNCC1C1CCNCC1. The van der Waals surface area contributed by atoms with Crippen LogP contribution in [0.5, 0.6) is 0 Å². The number of carbonyl (C=O) groups is 1. The molecule has 0 aromatic rings. The summed E-state index contributed by atoms with van der Waals surface area (Å²) in [7, 11) is 0. The first-order valence-electron chi connectivity index (χ1n) is 5.99. The molecule has 1 atom stereocenters. The molecule has 0 aromatic carbocycles. The van der Waals surface area contributed by atoms with Gasteiger partial charge in [0.2, 0.25) is 0 Å². The Morgan fingerprint density at radius 1 is 1.38 bits per heavy atom. The highest BCUT2D eigenvalue weighted by Crippen LogP contribution is 2.23. The smallest absolute Gasteiger partial charge is 0.317 e. The Kier molecular flexibility index (Phi) is 4.15. The number of nitrogens with one attached hydrogen (secondary N) is 2. The standard InChI is InChI=1S/C11H20N3O2/c15-11(16)8-14-6-5-13-7-10(14)9-1-3-12-4-2-9/h6,9-10,12-13H,1-5,7-8H2,(H,15,16). The maximum absolute atomic E-state index is 10.8. The molecular formula is C11H20N3O2. The van der Waals surface area contributed by atoms with Gasteiger partial charge >= 0.3 is 5.97 Å². The number of hydrogen-bond acceptors (Lipinski definition) is 4. The molecule has 3 N–H and O–H groups in total. The third-order valence-electron chi connectivity index (χ3n) is 3.50. The number of carboxylic acid groups (broad SMARTS) is 1. The van der Waals surface area contributed by atoms with Crippen molar-refractivity contribution in [2.75, 3.05) is 32.7 Å². The molecule has 91 valence electrons. The lowest BCUT2D eigenvalue weighted by Crippen LogP contribution is -2.54. The average Bonchev–Trinajstić information content (AvgIpc) is 2.30. The summed E-state index contributed by atoms with van der Waals surface area (Å²) in [6, 6.07) is 0.354. The molecule has 2 heterocycles. The predicted molar refractivity (Wildman–Crippen MR) is 60.9 cm³/mol. The molecule has 0 bridgehead atoms. The lowest BCUT2D eigenvalue weighted by molar-refractivity contribution is -0.139. The van der Waals surface area contributed by atoms with Gasteiger partial charge in [-0.25, -0.2) is 0 Å². The number of hydrogen-bond donors (Lipinski definition) is 3. The fourth-order valence-corrected chi connectivity index (χ4v) is 2.67. The summed E-state index contributed by atoms with van der Waals surface area (Å²) >= 11 is 0. The highest BCUT2D eigenvalue weighted by molar-refractivity contribution is 5.69. The first-order chi connectivity index (χ1) is 7.77. The van der Waals surface area contributed by atoms with Crippen LogP contribution in [0.1, 0.15) is 12.8 Å². The third kappa shape index (κ3) is 2.93. The first-order valence-corrected chi connectivity index (χ1v) is 5.99. The number of nitrogens with zero attached hydrogens (tertiary/aromatic N) is 1. The summed E-state index contributed by atoms with van der Waals surface area (Å²) in [6.45, 7) is 5.94. The zero-order chi connectivity index (χ0) is 11.4. The van der Waals surface area contributed by atoms with Gasteiger partial charge in [0.25, 0.3) is 0 Å². The lowest BCUT2D eigenvalue weighted by Gasteiger charge is -2.41. The van der Waals surface area contributed by atoms with E-state index in [1.807, 2.05) is 11.4 Å². The van der Waals surface area contributed by atoms with Gasteiger partial charge in [-0.15, -0.1) is 0 Å². The Morgan fingerprint density at radius 3 is 2.81 bits per heavy atom. The lowest BCUT2D eigenvalue weighted by atomic mass is 9.88. The van der Waals surface area contributed by atoms with Crippen molar-refractivity contribution < 1.29 is 9.90 Å². The Morgan fingerprint density at radius 2 is 2.12 bits per heavy atom. The average molecular weight is 226 g/mol. The molecule has 0 aliphatic carbocycles. The van der Waals surface area contributed by atoms with E-state index in [-0.39, 0.29) is 6.54 Å². The van der Waals surface area contributed by atoms with Gasteiger partial charge in [-0.2, -0.15) is 0 Å². The van der Waals surface area contributed by atoms with Crippen LogP contribution in [0.2, 0.25) is 0 Å². The minimum atomic E-state index is -0.739. The van der Waals surface area contributed by atoms with Gasteiger partial charge in [-0.05, 0) is 31.8 Å². The van der Waals surface area contributed by atoms with Crippen LogP contribution < -0.4 is 10.6 Å². The molecule has 2 rings (SSSR count). The Bertz CT molecular complexity index is 241. The molecule has 2 aliphatic rings. The Hall–Kier alpha value is -0.650. The second-order valence-corrected chi connectivity index (χ2v) is 4.56. The van der Waals surface area contributed by atoms with Crippen LogP contribution in [0.3, 0.4) is 0 Å². The van der Waals surface area contributed by atoms with Gasteiger partial charge in [0, 0.05) is 25.7 Å². The molecule has 2 aliphatic heterocycles. The largest absolute Gasteiger partial charge is 0.480 e. The van der Waals surface area contributed by atoms with Crippen LogP contribution in [0.25, 0.3) is 0 Å². The van der Waals surface area contributed by atoms with Crippen molar-refractivity contribution in [2.45, 2.75) is 18.9 Å². The molecule has 0 spiro atoms. The van der Waals surface area contributed by atoms with Crippen LogP contribution in [0.4, 0.5) is 0 Å². The van der Waals surface area contributed by atoms with Crippen LogP contribution in [-0.4, -0.2) is 54.7 Å². The van der Waals surface area contributed by atoms with Gasteiger partial charge < -0.3 is 15.7 Å². The fraction of sp³-hybridized carbons (Fsp3) is 0.818. The summed E-state index contributed by atoms with van der Waals surface area (Å²) in [5.74, 6) is -0.123. The summed E-state index contributed by atoms with van der Waals surface area (Å²) in [5, 5.41) is 15.6. The topological polar surface area (TPSA) is 64.6 Å². The molecular weight excluding hydrogens is 206 g/mol. The van der Waals surface area contributed by atoms with Gasteiger partial charge in [0.15, 0.2) is 0 Å². The van der Waals surface area contributed by atoms with Crippen molar-refractivity contribution in [3.63, 3.8) is 0 Å². The Labute approximate surface area is 96.2 Å². The zero-order valence-electron chi connectivity index (χ0n) is 9.48. The number of piperazine rings is 1. The van der Waals surface area contributed by atoms with Crippen molar-refractivity contribution in [3.8, 4) is 0 Å². The van der Waals surface area contributed by atoms with Crippen LogP contribution in [0.15, 0.2) is 0 Å². The van der Waals surface area contributed by atoms with Crippen LogP contribution in [-0.2, 0) is 4.79 Å². The molecule has 16 heavy (non-hydrogen) atoms. The monoisotopic (exact) mass is 226 g/mol. The van der Waals surface area contributed by atoms with Crippen molar-refractivity contribution in [2.24, 2.45) is 5.92 Å². The second-order valence-electron chi connectivity index (χ2n) is 4.56. The molecule has 5 nitrogen and oxygen atoms in total. The molecule has 1 unspecified atom stereocenters. The summed E-state index contributed by atoms with van der Waals surface area (Å²) in [4.78, 5) is 12.8. The maximum Gasteiger partial charge on any atom is 0.317 e. The summed E-state index contributed by atoms with van der Waals surface area (Å²) in [5.41, 5.74) is 0. The number of piperidine rings is 1. The van der Waals surface area contributed by atoms with E-state index in [1.54, 1.807) is 0 Å². The molecule has 0 aromatic heterocycles. The van der Waals surface area contributed by atoms with Gasteiger partial charge in [-0.1, -0.05) is 0 Å². The highest BCUT2D eigenvalue weighted by atomic mass is 16.4. The minimum Gasteiger partial charge on any atom is -0.480 e. The van der Waals surface area contributed by atoms with Crippen molar-refractivity contribution in [1.29, 1.82) is 0 Å². The Balaban J connectivity index is 1.94. The molecule has 2 fully saturated rings. The zero-order valence-corrected chi connectivity index (χ0v) is 9.48. The van der Waals surface area contributed by atoms with E-state index in [4.69, 9.17) is 5.11 Å². The molecule has 0 amide bonds. The third-order valence-corrected chi connectivity index (χ3v) is 3.50. The predicted octanol–water partition coefficient (Wildman–Crippen LogP) is -0.494. The molecule has 1 radical (unpaired) electrons. The van der Waals surface area contributed by atoms with E-state index in [2.05, 4.69) is 10.6 Å². The second kappa shape index (κ2) is 5.61. The van der Waals surface area contributed by atoms with E-state index in [1.165, 1.54) is 0 Å². The van der Waals surface area contributed by atoms with Gasteiger partial charge in [0.1, 0.15) is 0 Å². The van der Waals surface area contributed by atoms with Crippen LogP contribution >= 0.6 is 0 Å². The number of aliphatic carboxylic acids is 1. The summed E-state index contributed by atoms with van der Waals surface area (Å²) in [6.07, 6.45) is 2.30. The van der Waals surface area contributed by atoms with E-state index in [0.717, 1.165) is 39.0 Å². The van der Waals surface area contributed by atoms with E-state index in [0.29, 0.717) is 12.0 Å².